The van der Waals surface area contributed by atoms with Gasteiger partial charge in [0, 0.05) is 19.3 Å². The average Bonchev–Trinajstić information content (AvgIpc) is 2.49. The SMILES string of the molecule is C[C@H]1C[C@H](C)CN(C(=O)CN2C(=O)CSc3ncccc32)C1. The van der Waals surface area contributed by atoms with Crippen LogP contribution in [0.4, 0.5) is 5.69 Å². The van der Waals surface area contributed by atoms with Gasteiger partial charge in [0.25, 0.3) is 0 Å². The first kappa shape index (κ1) is 15.3. The molecular weight excluding hydrogens is 298 g/mol. The van der Waals surface area contributed by atoms with Gasteiger partial charge in [-0.2, -0.15) is 0 Å². The molecule has 0 N–H and O–H groups in total. The van der Waals surface area contributed by atoms with Gasteiger partial charge in [0.2, 0.25) is 11.8 Å². The van der Waals surface area contributed by atoms with E-state index in [0.717, 1.165) is 30.2 Å². The van der Waals surface area contributed by atoms with Crippen molar-refractivity contribution in [3.63, 3.8) is 0 Å². The van der Waals surface area contributed by atoms with Crippen molar-refractivity contribution < 1.29 is 9.59 Å². The van der Waals surface area contributed by atoms with Crippen molar-refractivity contribution >= 4 is 29.3 Å². The molecule has 6 heteroatoms. The van der Waals surface area contributed by atoms with Gasteiger partial charge in [-0.05, 0) is 30.4 Å². The van der Waals surface area contributed by atoms with E-state index in [9.17, 15) is 9.59 Å². The second-order valence-corrected chi connectivity index (χ2v) is 7.31. The van der Waals surface area contributed by atoms with Gasteiger partial charge >= 0.3 is 0 Å². The number of hydrogen-bond donors (Lipinski definition) is 0. The summed E-state index contributed by atoms with van der Waals surface area (Å²) in [5.41, 5.74) is 0.759. The molecule has 0 radical (unpaired) electrons. The zero-order chi connectivity index (χ0) is 15.7. The first-order chi connectivity index (χ1) is 10.5. The second-order valence-electron chi connectivity index (χ2n) is 6.34. The number of likely N-dealkylation sites (tertiary alicyclic amines) is 1. The Bertz CT molecular complexity index is 583. The molecule has 22 heavy (non-hydrogen) atoms. The summed E-state index contributed by atoms with van der Waals surface area (Å²) in [5, 5.41) is 0.829. The van der Waals surface area contributed by atoms with Crippen molar-refractivity contribution in [2.24, 2.45) is 11.8 Å². The van der Waals surface area contributed by atoms with E-state index in [-0.39, 0.29) is 18.4 Å². The van der Waals surface area contributed by atoms with Crippen LogP contribution in [0.25, 0.3) is 0 Å². The number of hydrogen-bond acceptors (Lipinski definition) is 4. The summed E-state index contributed by atoms with van der Waals surface area (Å²) in [6.45, 7) is 6.06. The molecule has 1 aromatic heterocycles. The van der Waals surface area contributed by atoms with E-state index in [1.165, 1.54) is 11.8 Å². The molecule has 5 nitrogen and oxygen atoms in total. The van der Waals surface area contributed by atoms with Gasteiger partial charge in [-0.25, -0.2) is 4.98 Å². The summed E-state index contributed by atoms with van der Waals surface area (Å²) in [6.07, 6.45) is 2.88. The third kappa shape index (κ3) is 3.11. The molecule has 0 spiro atoms. The maximum Gasteiger partial charge on any atom is 0.242 e. The molecule has 0 unspecified atom stereocenters. The third-order valence-electron chi connectivity index (χ3n) is 4.19. The number of pyridine rings is 1. The smallest absolute Gasteiger partial charge is 0.242 e. The topological polar surface area (TPSA) is 53.5 Å². The van der Waals surface area contributed by atoms with Crippen LogP contribution in [-0.4, -0.2) is 47.1 Å². The molecule has 2 aliphatic rings. The number of carbonyl (C=O) groups is 2. The molecule has 0 aliphatic carbocycles. The maximum atomic E-state index is 12.6. The molecule has 1 saturated heterocycles. The van der Waals surface area contributed by atoms with Crippen LogP contribution >= 0.6 is 11.8 Å². The lowest BCUT2D eigenvalue weighted by atomic mass is 9.92. The summed E-state index contributed by atoms with van der Waals surface area (Å²) >= 11 is 1.44. The van der Waals surface area contributed by atoms with Crippen molar-refractivity contribution in [3.05, 3.63) is 18.3 Å². The molecule has 3 heterocycles. The van der Waals surface area contributed by atoms with Crippen LogP contribution in [0.5, 0.6) is 0 Å². The lowest BCUT2D eigenvalue weighted by molar-refractivity contribution is -0.133. The summed E-state index contributed by atoms with van der Waals surface area (Å²) < 4.78 is 0. The lowest BCUT2D eigenvalue weighted by Crippen LogP contribution is -2.49. The molecule has 1 fully saturated rings. The van der Waals surface area contributed by atoms with E-state index >= 15 is 0 Å². The zero-order valence-corrected chi connectivity index (χ0v) is 13.8. The van der Waals surface area contributed by atoms with E-state index < -0.39 is 0 Å². The molecule has 2 amide bonds. The number of rotatable bonds is 2. The van der Waals surface area contributed by atoms with Crippen molar-refractivity contribution in [2.45, 2.75) is 25.3 Å². The van der Waals surface area contributed by atoms with E-state index in [0.29, 0.717) is 17.6 Å². The minimum absolute atomic E-state index is 0.0167. The Morgan fingerprint density at radius 3 is 2.82 bits per heavy atom. The van der Waals surface area contributed by atoms with E-state index in [1.54, 1.807) is 17.2 Å². The van der Waals surface area contributed by atoms with Crippen molar-refractivity contribution in [2.75, 3.05) is 30.3 Å². The predicted octanol–water partition coefficient (Wildman–Crippen LogP) is 2.02. The highest BCUT2D eigenvalue weighted by molar-refractivity contribution is 8.00. The highest BCUT2D eigenvalue weighted by atomic mass is 32.2. The van der Waals surface area contributed by atoms with Gasteiger partial charge in [0.15, 0.2) is 0 Å². The number of thioether (sulfide) groups is 1. The normalized spacial score (nSPS) is 25.1. The van der Waals surface area contributed by atoms with Crippen LogP contribution in [0.2, 0.25) is 0 Å². The highest BCUT2D eigenvalue weighted by Gasteiger charge is 2.31. The van der Waals surface area contributed by atoms with Crippen LogP contribution in [0.3, 0.4) is 0 Å². The van der Waals surface area contributed by atoms with Gasteiger partial charge in [-0.1, -0.05) is 25.6 Å². The van der Waals surface area contributed by atoms with E-state index in [1.807, 2.05) is 11.0 Å². The highest BCUT2D eigenvalue weighted by Crippen LogP contribution is 2.33. The Hall–Kier alpha value is -1.56. The largest absolute Gasteiger partial charge is 0.341 e. The molecule has 118 valence electrons. The lowest BCUT2D eigenvalue weighted by Gasteiger charge is -2.36. The molecule has 2 aliphatic heterocycles. The van der Waals surface area contributed by atoms with Crippen molar-refractivity contribution in [3.8, 4) is 0 Å². The van der Waals surface area contributed by atoms with Crippen molar-refractivity contribution in [1.29, 1.82) is 0 Å². The minimum Gasteiger partial charge on any atom is -0.341 e. The quantitative estimate of drug-likeness (QED) is 0.837. The fourth-order valence-corrected chi connectivity index (χ4v) is 4.19. The Morgan fingerprint density at radius 2 is 2.09 bits per heavy atom. The van der Waals surface area contributed by atoms with Gasteiger partial charge in [0.05, 0.1) is 11.4 Å². The fraction of sp³-hybridized carbons (Fsp3) is 0.562. The Kier molecular flexibility index (Phi) is 4.38. The predicted molar refractivity (Wildman–Crippen MR) is 86.8 cm³/mol. The summed E-state index contributed by atoms with van der Waals surface area (Å²) in [4.78, 5) is 32.6. The number of fused-ring (bicyclic) bond motifs is 1. The van der Waals surface area contributed by atoms with Crippen LogP contribution in [-0.2, 0) is 9.59 Å². The van der Waals surface area contributed by atoms with Crippen LogP contribution < -0.4 is 4.90 Å². The summed E-state index contributed by atoms with van der Waals surface area (Å²) in [6, 6.07) is 3.67. The van der Waals surface area contributed by atoms with Crippen molar-refractivity contribution in [1.82, 2.24) is 9.88 Å². The van der Waals surface area contributed by atoms with Gasteiger partial charge in [-0.15, -0.1) is 0 Å². The number of piperidine rings is 1. The molecule has 1 aromatic rings. The van der Waals surface area contributed by atoms with Crippen LogP contribution in [0, 0.1) is 11.8 Å². The summed E-state index contributed by atoms with van der Waals surface area (Å²) in [5.74, 6) is 1.42. The second kappa shape index (κ2) is 6.28. The third-order valence-corrected chi connectivity index (χ3v) is 5.17. The molecule has 2 atom stereocenters. The number of anilines is 1. The molecule has 0 bridgehead atoms. The molecule has 0 aromatic carbocycles. The number of aromatic nitrogens is 1. The first-order valence-electron chi connectivity index (χ1n) is 7.70. The van der Waals surface area contributed by atoms with Crippen LogP contribution in [0.15, 0.2) is 23.4 Å². The van der Waals surface area contributed by atoms with Crippen LogP contribution in [0.1, 0.15) is 20.3 Å². The van der Waals surface area contributed by atoms with E-state index in [4.69, 9.17) is 0 Å². The maximum absolute atomic E-state index is 12.6. The van der Waals surface area contributed by atoms with Gasteiger partial charge < -0.3 is 4.90 Å². The number of nitrogens with zero attached hydrogens (tertiary/aromatic N) is 3. The zero-order valence-electron chi connectivity index (χ0n) is 13.0. The summed E-state index contributed by atoms with van der Waals surface area (Å²) in [7, 11) is 0. The Balaban J connectivity index is 1.75. The standard InChI is InChI=1S/C16H21N3O2S/c1-11-6-12(2)8-18(7-11)14(20)9-19-13-4-3-5-17-16(13)22-10-15(19)21/h3-5,11-12H,6-10H2,1-2H3/t11-,12-/m0/s1. The van der Waals surface area contributed by atoms with Gasteiger partial charge in [0.1, 0.15) is 11.6 Å². The first-order valence-corrected chi connectivity index (χ1v) is 8.69. The monoisotopic (exact) mass is 319 g/mol. The van der Waals surface area contributed by atoms with Gasteiger partial charge in [-0.3, -0.25) is 14.5 Å². The van der Waals surface area contributed by atoms with E-state index in [2.05, 4.69) is 18.8 Å². The molecule has 3 rings (SSSR count). The minimum atomic E-state index is -0.0167. The Labute approximate surface area is 135 Å². The fourth-order valence-electron chi connectivity index (χ4n) is 3.32. The number of amides is 2. The average molecular weight is 319 g/mol. The number of carbonyl (C=O) groups excluding carboxylic acids is 2. The molecular formula is C16H21N3O2S. The Morgan fingerprint density at radius 1 is 1.36 bits per heavy atom. The molecule has 0 saturated carbocycles.